The Bertz CT molecular complexity index is 370. The van der Waals surface area contributed by atoms with Crippen molar-refractivity contribution in [3.63, 3.8) is 0 Å². The minimum atomic E-state index is 0.398. The number of halogens is 1. The van der Waals surface area contributed by atoms with E-state index >= 15 is 0 Å². The van der Waals surface area contributed by atoms with Gasteiger partial charge in [-0.3, -0.25) is 0 Å². The molecule has 0 N–H and O–H groups in total. The second-order valence-corrected chi connectivity index (χ2v) is 5.40. The van der Waals surface area contributed by atoms with E-state index in [0.717, 1.165) is 5.69 Å². The second kappa shape index (κ2) is 6.57. The van der Waals surface area contributed by atoms with Crippen LogP contribution in [-0.4, -0.2) is 22.3 Å². The lowest BCUT2D eigenvalue weighted by atomic mass is 9.98. The largest absolute Gasteiger partial charge is 0.372 e. The third-order valence-electron chi connectivity index (χ3n) is 2.93. The number of rotatable bonds is 4. The van der Waals surface area contributed by atoms with E-state index in [1.165, 1.54) is 43.9 Å². The lowest BCUT2D eigenvalue weighted by Gasteiger charge is -2.21. The molecule has 2 rings (SSSR count). The lowest BCUT2D eigenvalue weighted by Crippen LogP contribution is -2.16. The van der Waals surface area contributed by atoms with Crippen molar-refractivity contribution in [1.82, 2.24) is 9.97 Å². The highest BCUT2D eigenvalue weighted by molar-refractivity contribution is 7.98. The molecule has 0 radical (unpaired) electrons. The van der Waals surface area contributed by atoms with Gasteiger partial charge < -0.3 is 4.74 Å². The third kappa shape index (κ3) is 4.12. The maximum Gasteiger partial charge on any atom is 0.189 e. The topological polar surface area (TPSA) is 35.0 Å². The van der Waals surface area contributed by atoms with Crippen LogP contribution in [0, 0.1) is 0 Å². The van der Waals surface area contributed by atoms with Crippen molar-refractivity contribution in [2.24, 2.45) is 0 Å². The molecule has 94 valence electrons. The molecule has 3 nitrogen and oxygen atoms in total. The monoisotopic (exact) mass is 272 g/mol. The van der Waals surface area contributed by atoms with Gasteiger partial charge in [0.15, 0.2) is 5.16 Å². The van der Waals surface area contributed by atoms with Crippen LogP contribution in [0.4, 0.5) is 0 Å². The van der Waals surface area contributed by atoms with Gasteiger partial charge >= 0.3 is 0 Å². The number of aromatic nitrogens is 2. The second-order valence-electron chi connectivity index (χ2n) is 4.24. The molecule has 0 aromatic carbocycles. The Kier molecular flexibility index (Phi) is 5.07. The first-order valence-corrected chi connectivity index (χ1v) is 7.57. The fraction of sp³-hybridized carbons (Fsp3) is 0.667. The van der Waals surface area contributed by atoms with Crippen molar-refractivity contribution < 1.29 is 4.74 Å². The van der Waals surface area contributed by atoms with Crippen LogP contribution in [0.1, 0.15) is 37.8 Å². The molecule has 0 atom stereocenters. The first kappa shape index (κ1) is 13.1. The van der Waals surface area contributed by atoms with E-state index in [0.29, 0.717) is 23.0 Å². The molecule has 1 aliphatic rings. The smallest absolute Gasteiger partial charge is 0.189 e. The third-order valence-corrected chi connectivity index (χ3v) is 3.67. The highest BCUT2D eigenvalue weighted by atomic mass is 35.5. The molecule has 1 saturated carbocycles. The zero-order valence-corrected chi connectivity index (χ0v) is 11.6. The Morgan fingerprint density at radius 2 is 2.12 bits per heavy atom. The van der Waals surface area contributed by atoms with Gasteiger partial charge in [-0.25, -0.2) is 9.97 Å². The van der Waals surface area contributed by atoms with E-state index < -0.39 is 0 Å². The van der Waals surface area contributed by atoms with Crippen molar-refractivity contribution in [2.75, 3.05) is 6.26 Å². The van der Waals surface area contributed by atoms with Crippen LogP contribution >= 0.6 is 23.4 Å². The van der Waals surface area contributed by atoms with Crippen molar-refractivity contribution in [3.05, 3.63) is 16.9 Å². The molecule has 1 fully saturated rings. The van der Waals surface area contributed by atoms with Crippen molar-refractivity contribution in [1.29, 1.82) is 0 Å². The molecular weight excluding hydrogens is 256 g/mol. The van der Waals surface area contributed by atoms with E-state index in [-0.39, 0.29) is 0 Å². The lowest BCUT2D eigenvalue weighted by molar-refractivity contribution is 0.0150. The Morgan fingerprint density at radius 1 is 1.35 bits per heavy atom. The molecule has 0 unspecified atom stereocenters. The fourth-order valence-corrected chi connectivity index (χ4v) is 2.70. The highest BCUT2D eigenvalue weighted by Gasteiger charge is 2.14. The van der Waals surface area contributed by atoms with Gasteiger partial charge in [-0.1, -0.05) is 42.6 Å². The SMILES string of the molecule is CSc1nc(Cl)cc(COC2CCCCC2)n1. The van der Waals surface area contributed by atoms with E-state index in [1.807, 2.05) is 6.26 Å². The number of hydrogen-bond donors (Lipinski definition) is 0. The van der Waals surface area contributed by atoms with Crippen LogP contribution in [0.5, 0.6) is 0 Å². The Labute approximate surface area is 111 Å². The van der Waals surface area contributed by atoms with Gasteiger partial charge in [-0.05, 0) is 25.2 Å². The van der Waals surface area contributed by atoms with Crippen LogP contribution in [0.2, 0.25) is 5.15 Å². The molecule has 0 saturated heterocycles. The Hall–Kier alpha value is -0.320. The zero-order valence-electron chi connectivity index (χ0n) is 9.99. The van der Waals surface area contributed by atoms with Gasteiger partial charge in [0.05, 0.1) is 18.4 Å². The van der Waals surface area contributed by atoms with Gasteiger partial charge in [0, 0.05) is 0 Å². The summed E-state index contributed by atoms with van der Waals surface area (Å²) >= 11 is 7.43. The summed E-state index contributed by atoms with van der Waals surface area (Å²) in [6.07, 6.45) is 8.60. The van der Waals surface area contributed by atoms with Crippen LogP contribution < -0.4 is 0 Å². The molecule has 0 aliphatic heterocycles. The predicted molar refractivity (Wildman–Crippen MR) is 70.5 cm³/mol. The fourth-order valence-electron chi connectivity index (χ4n) is 2.04. The predicted octanol–water partition coefficient (Wildman–Crippen LogP) is 3.70. The van der Waals surface area contributed by atoms with Crippen LogP contribution in [-0.2, 0) is 11.3 Å². The molecule has 1 aromatic rings. The minimum absolute atomic E-state index is 0.398. The normalized spacial score (nSPS) is 17.3. The average molecular weight is 273 g/mol. The van der Waals surface area contributed by atoms with Gasteiger partial charge in [-0.2, -0.15) is 0 Å². The number of nitrogens with zero attached hydrogens (tertiary/aromatic N) is 2. The zero-order chi connectivity index (χ0) is 12.1. The van der Waals surface area contributed by atoms with Crippen LogP contribution in [0.25, 0.3) is 0 Å². The maximum absolute atomic E-state index is 5.93. The minimum Gasteiger partial charge on any atom is -0.372 e. The molecule has 0 amide bonds. The average Bonchev–Trinajstić information content (AvgIpc) is 2.37. The molecule has 5 heteroatoms. The van der Waals surface area contributed by atoms with E-state index in [2.05, 4.69) is 9.97 Å². The number of ether oxygens (including phenoxy) is 1. The Morgan fingerprint density at radius 3 is 2.82 bits per heavy atom. The summed E-state index contributed by atoms with van der Waals surface area (Å²) in [5, 5.41) is 1.20. The number of hydrogen-bond acceptors (Lipinski definition) is 4. The highest BCUT2D eigenvalue weighted by Crippen LogP contribution is 2.22. The summed E-state index contributed by atoms with van der Waals surface area (Å²) in [5.41, 5.74) is 0.875. The van der Waals surface area contributed by atoms with Crippen molar-refractivity contribution in [2.45, 2.75) is 50.0 Å². The maximum atomic E-state index is 5.93. The summed E-state index contributed by atoms with van der Waals surface area (Å²) in [6, 6.07) is 1.78. The summed E-state index contributed by atoms with van der Waals surface area (Å²) in [4.78, 5) is 8.49. The van der Waals surface area contributed by atoms with E-state index in [4.69, 9.17) is 16.3 Å². The first-order chi connectivity index (χ1) is 8.28. The molecule has 0 spiro atoms. The standard InChI is InChI=1S/C12H17ClN2OS/c1-17-12-14-9(7-11(13)15-12)8-16-10-5-3-2-4-6-10/h7,10H,2-6,8H2,1H3. The summed E-state index contributed by atoms with van der Waals surface area (Å²) in [6.45, 7) is 0.542. The molecule has 17 heavy (non-hydrogen) atoms. The molecular formula is C12H17ClN2OS. The van der Waals surface area contributed by atoms with Crippen molar-refractivity contribution in [3.8, 4) is 0 Å². The van der Waals surface area contributed by atoms with Gasteiger partial charge in [-0.15, -0.1) is 0 Å². The number of thioether (sulfide) groups is 1. The van der Waals surface area contributed by atoms with Crippen LogP contribution in [0.15, 0.2) is 11.2 Å². The summed E-state index contributed by atoms with van der Waals surface area (Å²) in [7, 11) is 0. The Balaban J connectivity index is 1.91. The first-order valence-electron chi connectivity index (χ1n) is 5.97. The van der Waals surface area contributed by atoms with E-state index in [1.54, 1.807) is 6.07 Å². The van der Waals surface area contributed by atoms with Gasteiger partial charge in [0.2, 0.25) is 0 Å². The molecule has 1 aliphatic carbocycles. The molecule has 1 heterocycles. The van der Waals surface area contributed by atoms with Gasteiger partial charge in [0.1, 0.15) is 5.15 Å². The summed E-state index contributed by atoms with van der Waals surface area (Å²) in [5.74, 6) is 0. The summed E-state index contributed by atoms with van der Waals surface area (Å²) < 4.78 is 5.87. The van der Waals surface area contributed by atoms with Crippen molar-refractivity contribution >= 4 is 23.4 Å². The van der Waals surface area contributed by atoms with E-state index in [9.17, 15) is 0 Å². The molecule has 1 aromatic heterocycles. The van der Waals surface area contributed by atoms with Gasteiger partial charge in [0.25, 0.3) is 0 Å². The molecule has 0 bridgehead atoms. The van der Waals surface area contributed by atoms with Crippen LogP contribution in [0.3, 0.4) is 0 Å². The quantitative estimate of drug-likeness (QED) is 0.476.